The Labute approximate surface area is 83.2 Å². The van der Waals surface area contributed by atoms with Gasteiger partial charge in [-0.1, -0.05) is 42.5 Å². The van der Waals surface area contributed by atoms with Gasteiger partial charge in [0.1, 0.15) is 4.99 Å². The van der Waals surface area contributed by atoms with Crippen molar-refractivity contribution in [2.45, 2.75) is 6.92 Å². The number of allylic oxidation sites excluding steroid dienone is 1. The van der Waals surface area contributed by atoms with Crippen molar-refractivity contribution in [3.05, 3.63) is 41.6 Å². The van der Waals surface area contributed by atoms with Crippen LogP contribution < -0.4 is 11.5 Å². The monoisotopic (exact) mass is 192 g/mol. The number of benzene rings is 1. The Balaban J connectivity index is 3.11. The van der Waals surface area contributed by atoms with Crippen LogP contribution in [0.2, 0.25) is 0 Å². The summed E-state index contributed by atoms with van der Waals surface area (Å²) < 4.78 is 0. The van der Waals surface area contributed by atoms with Crippen LogP contribution in [0.15, 0.2) is 36.0 Å². The van der Waals surface area contributed by atoms with Gasteiger partial charge in [0, 0.05) is 0 Å². The van der Waals surface area contributed by atoms with Crippen molar-refractivity contribution in [1.82, 2.24) is 0 Å². The van der Waals surface area contributed by atoms with Gasteiger partial charge in [-0.05, 0) is 18.1 Å². The Morgan fingerprint density at radius 3 is 2.15 bits per heavy atom. The fourth-order valence-corrected chi connectivity index (χ4v) is 1.18. The molecule has 0 aliphatic carbocycles. The first-order valence-electron chi connectivity index (χ1n) is 3.94. The number of hydrogen-bond donors (Lipinski definition) is 2. The van der Waals surface area contributed by atoms with Gasteiger partial charge in [-0.3, -0.25) is 0 Å². The second-order valence-corrected chi connectivity index (χ2v) is 3.21. The molecule has 0 fully saturated rings. The number of hydrogen-bond acceptors (Lipinski definition) is 2. The van der Waals surface area contributed by atoms with Crippen molar-refractivity contribution in [2.75, 3.05) is 0 Å². The fourth-order valence-electron chi connectivity index (χ4n) is 1.03. The lowest BCUT2D eigenvalue weighted by Crippen LogP contribution is -2.19. The van der Waals surface area contributed by atoms with Crippen LogP contribution in [-0.2, 0) is 0 Å². The van der Waals surface area contributed by atoms with Gasteiger partial charge in [-0.25, -0.2) is 0 Å². The minimum Gasteiger partial charge on any atom is -0.396 e. The maximum Gasteiger partial charge on any atom is 0.120 e. The van der Waals surface area contributed by atoms with Crippen LogP contribution in [0.25, 0.3) is 5.57 Å². The molecule has 68 valence electrons. The molecule has 0 aliphatic rings. The maximum atomic E-state index is 5.71. The van der Waals surface area contributed by atoms with Gasteiger partial charge in [0.15, 0.2) is 0 Å². The highest BCUT2D eigenvalue weighted by atomic mass is 32.1. The molecule has 0 atom stereocenters. The Morgan fingerprint density at radius 2 is 1.69 bits per heavy atom. The summed E-state index contributed by atoms with van der Waals surface area (Å²) in [5.74, 6) is 0. The van der Waals surface area contributed by atoms with Gasteiger partial charge in [-0.15, -0.1) is 0 Å². The lowest BCUT2D eigenvalue weighted by Gasteiger charge is -2.05. The van der Waals surface area contributed by atoms with Gasteiger partial charge < -0.3 is 11.5 Å². The average molecular weight is 192 g/mol. The summed E-state index contributed by atoms with van der Waals surface area (Å²) in [6.45, 7) is 1.91. The third kappa shape index (κ3) is 2.29. The molecule has 0 aliphatic heterocycles. The fraction of sp³-hybridized carbons (Fsp3) is 0.100. The van der Waals surface area contributed by atoms with Crippen LogP contribution in [0.5, 0.6) is 0 Å². The minimum atomic E-state index is 0.251. The van der Waals surface area contributed by atoms with Crippen LogP contribution in [-0.4, -0.2) is 4.99 Å². The van der Waals surface area contributed by atoms with Crippen LogP contribution in [0.1, 0.15) is 12.5 Å². The molecule has 0 radical (unpaired) electrons. The van der Waals surface area contributed by atoms with E-state index < -0.39 is 0 Å². The molecule has 1 aromatic carbocycles. The molecule has 4 N–H and O–H groups in total. The lowest BCUT2D eigenvalue weighted by atomic mass is 10.1. The summed E-state index contributed by atoms with van der Waals surface area (Å²) in [6.07, 6.45) is 0. The van der Waals surface area contributed by atoms with E-state index in [1.54, 1.807) is 0 Å². The standard InChI is InChI=1S/C10H12N2S/c1-7(9(11)10(12)13)8-5-3-2-4-6-8/h2-6H,11H2,1H3,(H2,12,13)/b9-7-. The second kappa shape index (κ2) is 4.05. The van der Waals surface area contributed by atoms with E-state index in [0.29, 0.717) is 5.70 Å². The highest BCUT2D eigenvalue weighted by Crippen LogP contribution is 2.14. The number of thiocarbonyl (C=S) groups is 1. The SMILES string of the molecule is C/C(=C(/N)C(N)=S)c1ccccc1. The molecule has 2 nitrogen and oxygen atoms in total. The second-order valence-electron chi connectivity index (χ2n) is 2.77. The van der Waals surface area contributed by atoms with Crippen LogP contribution >= 0.6 is 12.2 Å². The van der Waals surface area contributed by atoms with Crippen LogP contribution in [0, 0.1) is 0 Å². The molecule has 1 aromatic rings. The molecule has 0 bridgehead atoms. The van der Waals surface area contributed by atoms with Crippen LogP contribution in [0.3, 0.4) is 0 Å². The van der Waals surface area contributed by atoms with E-state index in [9.17, 15) is 0 Å². The molecule has 1 rings (SSSR count). The predicted octanol–water partition coefficient (Wildman–Crippen LogP) is 1.66. The quantitative estimate of drug-likeness (QED) is 0.553. The highest BCUT2D eigenvalue weighted by molar-refractivity contribution is 7.80. The molecule has 0 aromatic heterocycles. The molecule has 0 saturated carbocycles. The topological polar surface area (TPSA) is 52.0 Å². The zero-order valence-corrected chi connectivity index (χ0v) is 8.27. The van der Waals surface area contributed by atoms with Gasteiger partial charge >= 0.3 is 0 Å². The van der Waals surface area contributed by atoms with E-state index in [2.05, 4.69) is 0 Å². The maximum absolute atomic E-state index is 5.71. The Kier molecular flexibility index (Phi) is 3.03. The molecule has 0 amide bonds. The highest BCUT2D eigenvalue weighted by Gasteiger charge is 2.02. The molecular formula is C10H12N2S. The summed E-state index contributed by atoms with van der Waals surface area (Å²) in [4.78, 5) is 0.251. The summed E-state index contributed by atoms with van der Waals surface area (Å²) in [7, 11) is 0. The van der Waals surface area contributed by atoms with Crippen molar-refractivity contribution in [3.63, 3.8) is 0 Å². The average Bonchev–Trinajstić information content (AvgIpc) is 2.17. The predicted molar refractivity (Wildman–Crippen MR) is 60.0 cm³/mol. The van der Waals surface area contributed by atoms with Gasteiger partial charge in [0.25, 0.3) is 0 Å². The molecule has 0 unspecified atom stereocenters. The van der Waals surface area contributed by atoms with Crippen molar-refractivity contribution >= 4 is 22.8 Å². The molecule has 3 heteroatoms. The van der Waals surface area contributed by atoms with Crippen molar-refractivity contribution in [3.8, 4) is 0 Å². The van der Waals surface area contributed by atoms with Gasteiger partial charge in [-0.2, -0.15) is 0 Å². The molecule has 0 saturated heterocycles. The first-order chi connectivity index (χ1) is 6.13. The van der Waals surface area contributed by atoms with Crippen molar-refractivity contribution in [2.24, 2.45) is 11.5 Å². The van der Waals surface area contributed by atoms with E-state index in [-0.39, 0.29) is 4.99 Å². The van der Waals surface area contributed by atoms with Crippen LogP contribution in [0.4, 0.5) is 0 Å². The largest absolute Gasteiger partial charge is 0.396 e. The van der Waals surface area contributed by atoms with Gasteiger partial charge in [0.05, 0.1) is 5.70 Å². The van der Waals surface area contributed by atoms with E-state index >= 15 is 0 Å². The van der Waals surface area contributed by atoms with Crippen molar-refractivity contribution in [1.29, 1.82) is 0 Å². The Bertz CT molecular complexity index is 341. The summed E-state index contributed by atoms with van der Waals surface area (Å²) in [5.41, 5.74) is 13.6. The molecular weight excluding hydrogens is 180 g/mol. The Morgan fingerprint density at radius 1 is 1.15 bits per heavy atom. The van der Waals surface area contributed by atoms with E-state index in [1.807, 2.05) is 37.3 Å². The van der Waals surface area contributed by atoms with Gasteiger partial charge in [0.2, 0.25) is 0 Å². The normalized spacial score (nSPS) is 12.1. The summed E-state index contributed by atoms with van der Waals surface area (Å²) in [5, 5.41) is 0. The summed E-state index contributed by atoms with van der Waals surface area (Å²) >= 11 is 4.79. The summed E-state index contributed by atoms with van der Waals surface area (Å²) in [6, 6.07) is 9.80. The first-order valence-corrected chi connectivity index (χ1v) is 4.35. The number of rotatable bonds is 2. The van der Waals surface area contributed by atoms with Crippen molar-refractivity contribution < 1.29 is 0 Å². The molecule has 13 heavy (non-hydrogen) atoms. The third-order valence-corrected chi connectivity index (χ3v) is 2.10. The van der Waals surface area contributed by atoms with E-state index in [1.165, 1.54) is 0 Å². The third-order valence-electron chi connectivity index (χ3n) is 1.88. The van der Waals surface area contributed by atoms with E-state index in [4.69, 9.17) is 23.7 Å². The smallest absolute Gasteiger partial charge is 0.120 e. The Hall–Kier alpha value is -1.35. The zero-order valence-electron chi connectivity index (χ0n) is 7.45. The molecule has 0 heterocycles. The first kappa shape index (κ1) is 9.74. The van der Waals surface area contributed by atoms with E-state index in [0.717, 1.165) is 11.1 Å². The minimum absolute atomic E-state index is 0.251. The number of nitrogens with two attached hydrogens (primary N) is 2. The zero-order chi connectivity index (χ0) is 9.84. The molecule has 0 spiro atoms. The lowest BCUT2D eigenvalue weighted by molar-refractivity contribution is 1.42.